The van der Waals surface area contributed by atoms with Gasteiger partial charge < -0.3 is 4.90 Å². The summed E-state index contributed by atoms with van der Waals surface area (Å²) in [5.41, 5.74) is 1.09. The van der Waals surface area contributed by atoms with Crippen LogP contribution in [0, 0.1) is 10.1 Å². The van der Waals surface area contributed by atoms with Gasteiger partial charge in [0.2, 0.25) is 5.52 Å². The summed E-state index contributed by atoms with van der Waals surface area (Å²) in [5, 5.41) is 18.0. The van der Waals surface area contributed by atoms with Gasteiger partial charge in [-0.15, -0.1) is 11.6 Å². The Bertz CT molecular complexity index is 556. The molecule has 0 bridgehead atoms. The molecule has 0 aliphatic heterocycles. The Morgan fingerprint density at radius 3 is 2.82 bits per heavy atom. The fourth-order valence-corrected chi connectivity index (χ4v) is 1.80. The molecule has 1 aromatic heterocycles. The van der Waals surface area contributed by atoms with Crippen LogP contribution in [0.2, 0.25) is 0 Å². The highest BCUT2D eigenvalue weighted by molar-refractivity contribution is 6.18. The molecule has 90 valence electrons. The summed E-state index contributed by atoms with van der Waals surface area (Å²) in [6, 6.07) is 2.99. The van der Waals surface area contributed by atoms with Gasteiger partial charge in [-0.3, -0.25) is 10.1 Å². The van der Waals surface area contributed by atoms with Crippen molar-refractivity contribution in [2.75, 3.05) is 24.4 Å². The summed E-state index contributed by atoms with van der Waals surface area (Å²) >= 11 is 5.64. The van der Waals surface area contributed by atoms with E-state index in [1.807, 2.05) is 11.9 Å². The second-order valence-electron chi connectivity index (χ2n) is 3.43. The van der Waals surface area contributed by atoms with E-state index in [9.17, 15) is 10.1 Å². The molecule has 0 atom stereocenters. The summed E-state index contributed by atoms with van der Waals surface area (Å²) in [5.74, 6) is 0.445. The van der Waals surface area contributed by atoms with Crippen molar-refractivity contribution < 1.29 is 9.55 Å². The van der Waals surface area contributed by atoms with Crippen LogP contribution >= 0.6 is 11.6 Å². The number of alkyl halides is 1. The Balaban J connectivity index is 2.57. The first-order valence-corrected chi connectivity index (χ1v) is 5.35. The van der Waals surface area contributed by atoms with Gasteiger partial charge in [0.1, 0.15) is 0 Å². The van der Waals surface area contributed by atoms with Crippen LogP contribution < -0.4 is 4.90 Å². The Morgan fingerprint density at radius 2 is 2.18 bits per heavy atom. The summed E-state index contributed by atoms with van der Waals surface area (Å²) in [4.78, 5) is 12.1. The Hall–Kier alpha value is -1.89. The summed E-state index contributed by atoms with van der Waals surface area (Å²) in [6.07, 6.45) is 0. The first-order chi connectivity index (χ1) is 8.15. The molecule has 0 spiro atoms. The van der Waals surface area contributed by atoms with Crippen LogP contribution in [0.25, 0.3) is 11.0 Å². The third-order valence-electron chi connectivity index (χ3n) is 2.40. The van der Waals surface area contributed by atoms with E-state index in [1.165, 1.54) is 6.07 Å². The molecule has 0 saturated carbocycles. The number of nitro groups is 1. The maximum Gasteiger partial charge on any atom is 0.300 e. The number of fused-ring (bicyclic) bond motifs is 1. The first-order valence-electron chi connectivity index (χ1n) is 4.82. The summed E-state index contributed by atoms with van der Waals surface area (Å²) in [7, 11) is 1.82. The number of rotatable bonds is 4. The predicted octanol–water partition coefficient (Wildman–Crippen LogP) is 1.81. The van der Waals surface area contributed by atoms with Crippen LogP contribution in [0.5, 0.6) is 0 Å². The zero-order valence-electron chi connectivity index (χ0n) is 8.96. The van der Waals surface area contributed by atoms with Crippen LogP contribution in [0.4, 0.5) is 11.4 Å². The van der Waals surface area contributed by atoms with Crippen LogP contribution in [0.1, 0.15) is 0 Å². The van der Waals surface area contributed by atoms with Gasteiger partial charge in [-0.2, -0.15) is 0 Å². The van der Waals surface area contributed by atoms with Gasteiger partial charge in [0, 0.05) is 25.5 Å². The Labute approximate surface area is 101 Å². The smallest absolute Gasteiger partial charge is 0.300 e. The van der Waals surface area contributed by atoms with Gasteiger partial charge >= 0.3 is 5.69 Å². The lowest BCUT2D eigenvalue weighted by Crippen LogP contribution is -2.19. The number of non-ortho nitro benzene ring substituents is 1. The van der Waals surface area contributed by atoms with Crippen LogP contribution in [0.15, 0.2) is 16.8 Å². The average molecular weight is 257 g/mol. The van der Waals surface area contributed by atoms with Gasteiger partial charge in [0.05, 0.1) is 10.6 Å². The molecule has 7 nitrogen and oxygen atoms in total. The molecule has 0 amide bonds. The van der Waals surface area contributed by atoms with Crippen LogP contribution in [-0.4, -0.2) is 34.7 Å². The SMILES string of the molecule is CN(CCCl)c1ccc([N+](=O)[O-])c2nonc12. The van der Waals surface area contributed by atoms with E-state index in [-0.39, 0.29) is 11.2 Å². The molecule has 0 aliphatic carbocycles. The van der Waals surface area contributed by atoms with Gasteiger partial charge in [0.25, 0.3) is 0 Å². The minimum Gasteiger partial charge on any atom is -0.371 e. The fourth-order valence-electron chi connectivity index (χ4n) is 1.54. The van der Waals surface area contributed by atoms with Crippen molar-refractivity contribution in [2.45, 2.75) is 0 Å². The molecule has 17 heavy (non-hydrogen) atoms. The van der Waals surface area contributed by atoms with Gasteiger partial charge in [-0.1, -0.05) is 0 Å². The monoisotopic (exact) mass is 256 g/mol. The number of nitrogens with zero attached hydrogens (tertiary/aromatic N) is 4. The number of aromatic nitrogens is 2. The standard InChI is InChI=1S/C9H9ClN4O3/c1-13(5-4-10)6-2-3-7(14(15)16)9-8(6)11-17-12-9/h2-3H,4-5H2,1H3. The van der Waals surface area contributed by atoms with Crippen molar-refractivity contribution in [3.8, 4) is 0 Å². The fraction of sp³-hybridized carbons (Fsp3) is 0.333. The van der Waals surface area contributed by atoms with Gasteiger partial charge in [0.15, 0.2) is 5.52 Å². The number of hydrogen-bond donors (Lipinski definition) is 0. The van der Waals surface area contributed by atoms with Gasteiger partial charge in [-0.05, 0) is 16.4 Å². The predicted molar refractivity (Wildman–Crippen MR) is 62.4 cm³/mol. The molecule has 0 fully saturated rings. The lowest BCUT2D eigenvalue weighted by atomic mass is 10.2. The normalized spacial score (nSPS) is 10.7. The van der Waals surface area contributed by atoms with E-state index in [4.69, 9.17) is 11.6 Å². The number of nitro benzene ring substituents is 1. The van der Waals surface area contributed by atoms with E-state index in [0.29, 0.717) is 23.6 Å². The molecular weight excluding hydrogens is 248 g/mol. The van der Waals surface area contributed by atoms with E-state index in [1.54, 1.807) is 6.07 Å². The Kier molecular flexibility index (Phi) is 3.10. The second-order valence-corrected chi connectivity index (χ2v) is 3.81. The van der Waals surface area contributed by atoms with E-state index >= 15 is 0 Å². The quantitative estimate of drug-likeness (QED) is 0.471. The molecule has 1 heterocycles. The maximum absolute atomic E-state index is 10.8. The minimum atomic E-state index is -0.516. The molecule has 1 aromatic carbocycles. The van der Waals surface area contributed by atoms with E-state index < -0.39 is 4.92 Å². The molecule has 0 radical (unpaired) electrons. The molecule has 8 heteroatoms. The molecule has 2 aromatic rings. The van der Waals surface area contributed by atoms with Crippen molar-refractivity contribution >= 4 is 34.0 Å². The molecule has 0 saturated heterocycles. The largest absolute Gasteiger partial charge is 0.371 e. The van der Waals surface area contributed by atoms with Crippen molar-refractivity contribution in [3.05, 3.63) is 22.2 Å². The number of halogens is 1. The molecule has 2 rings (SSSR count). The third-order valence-corrected chi connectivity index (χ3v) is 2.57. The van der Waals surface area contributed by atoms with Crippen molar-refractivity contribution in [3.63, 3.8) is 0 Å². The Morgan fingerprint density at radius 1 is 1.47 bits per heavy atom. The number of hydrogen-bond acceptors (Lipinski definition) is 6. The van der Waals surface area contributed by atoms with Crippen molar-refractivity contribution in [2.24, 2.45) is 0 Å². The molecule has 0 aliphatic rings. The van der Waals surface area contributed by atoms with Crippen LogP contribution in [0.3, 0.4) is 0 Å². The minimum absolute atomic E-state index is 0.121. The van der Waals surface area contributed by atoms with E-state index in [2.05, 4.69) is 14.9 Å². The highest BCUT2D eigenvalue weighted by Crippen LogP contribution is 2.30. The van der Waals surface area contributed by atoms with Crippen molar-refractivity contribution in [1.29, 1.82) is 0 Å². The number of benzene rings is 1. The third kappa shape index (κ3) is 2.01. The summed E-state index contributed by atoms with van der Waals surface area (Å²) in [6.45, 7) is 0.599. The zero-order chi connectivity index (χ0) is 12.4. The molecule has 0 unspecified atom stereocenters. The lowest BCUT2D eigenvalue weighted by molar-refractivity contribution is -0.383. The zero-order valence-corrected chi connectivity index (χ0v) is 9.72. The van der Waals surface area contributed by atoms with E-state index in [0.717, 1.165) is 0 Å². The maximum atomic E-state index is 10.8. The van der Waals surface area contributed by atoms with Crippen LogP contribution in [-0.2, 0) is 0 Å². The average Bonchev–Trinajstić information content (AvgIpc) is 2.76. The lowest BCUT2D eigenvalue weighted by Gasteiger charge is -2.17. The van der Waals surface area contributed by atoms with Gasteiger partial charge in [-0.25, -0.2) is 4.63 Å². The number of anilines is 1. The highest BCUT2D eigenvalue weighted by Gasteiger charge is 2.20. The second kappa shape index (κ2) is 4.54. The van der Waals surface area contributed by atoms with Crippen molar-refractivity contribution in [1.82, 2.24) is 10.3 Å². The highest BCUT2D eigenvalue weighted by atomic mass is 35.5. The summed E-state index contributed by atoms with van der Waals surface area (Å²) < 4.78 is 4.56. The molecule has 0 N–H and O–H groups in total. The topological polar surface area (TPSA) is 85.3 Å². The molecular formula is C9H9ClN4O3. The first kappa shape index (κ1) is 11.6.